The van der Waals surface area contributed by atoms with Crippen LogP contribution in [-0.2, 0) is 11.4 Å². The van der Waals surface area contributed by atoms with Crippen molar-refractivity contribution in [1.82, 2.24) is 5.32 Å². The molecule has 0 heterocycles. The van der Waals surface area contributed by atoms with E-state index in [1.54, 1.807) is 24.3 Å². The van der Waals surface area contributed by atoms with Gasteiger partial charge in [-0.25, -0.2) is 0 Å². The molecule has 0 aliphatic heterocycles. The van der Waals surface area contributed by atoms with Crippen LogP contribution in [0.2, 0.25) is 10.0 Å². The number of hydrogen-bond acceptors (Lipinski definition) is 3. The third-order valence-corrected chi connectivity index (χ3v) is 5.04. The van der Waals surface area contributed by atoms with Crippen LogP contribution >= 0.6 is 23.2 Å². The predicted molar refractivity (Wildman–Crippen MR) is 124 cm³/mol. The molecular formula is C25H20Cl2N2O2. The first-order valence-corrected chi connectivity index (χ1v) is 10.4. The molecule has 1 N–H and O–H groups in total. The maximum atomic E-state index is 12.7. The van der Waals surface area contributed by atoms with Gasteiger partial charge in [-0.05, 0) is 54.5 Å². The Morgan fingerprint density at radius 3 is 2.52 bits per heavy atom. The fraction of sp³-hybridized carbons (Fsp3) is 0.120. The van der Waals surface area contributed by atoms with Gasteiger partial charge in [-0.2, -0.15) is 5.26 Å². The molecule has 0 spiro atoms. The summed E-state index contributed by atoms with van der Waals surface area (Å²) < 4.78 is 5.91. The van der Waals surface area contributed by atoms with E-state index < -0.39 is 5.91 Å². The number of benzene rings is 3. The van der Waals surface area contributed by atoms with Gasteiger partial charge in [0.25, 0.3) is 5.91 Å². The summed E-state index contributed by atoms with van der Waals surface area (Å²) in [6.07, 6.45) is 1.48. The molecule has 0 aliphatic rings. The zero-order valence-corrected chi connectivity index (χ0v) is 18.3. The van der Waals surface area contributed by atoms with Crippen LogP contribution in [0.4, 0.5) is 0 Å². The molecular weight excluding hydrogens is 431 g/mol. The molecule has 3 aromatic rings. The van der Waals surface area contributed by atoms with E-state index in [9.17, 15) is 10.1 Å². The highest BCUT2D eigenvalue weighted by Gasteiger charge is 2.15. The normalized spacial score (nSPS) is 12.0. The van der Waals surface area contributed by atoms with E-state index in [2.05, 4.69) is 5.32 Å². The van der Waals surface area contributed by atoms with Crippen molar-refractivity contribution in [2.45, 2.75) is 19.6 Å². The molecule has 0 aromatic heterocycles. The van der Waals surface area contributed by atoms with Crippen molar-refractivity contribution in [3.63, 3.8) is 0 Å². The van der Waals surface area contributed by atoms with Crippen LogP contribution in [-0.4, -0.2) is 5.91 Å². The molecule has 0 saturated heterocycles. The second-order valence-electron chi connectivity index (χ2n) is 6.88. The van der Waals surface area contributed by atoms with Gasteiger partial charge in [0.05, 0.1) is 6.04 Å². The maximum absolute atomic E-state index is 12.7. The number of nitriles is 1. The third-order valence-electron chi connectivity index (χ3n) is 4.57. The van der Waals surface area contributed by atoms with Gasteiger partial charge < -0.3 is 10.1 Å². The lowest BCUT2D eigenvalue weighted by atomic mass is 10.1. The van der Waals surface area contributed by atoms with E-state index in [1.807, 2.05) is 61.5 Å². The molecule has 1 amide bonds. The summed E-state index contributed by atoms with van der Waals surface area (Å²) in [5, 5.41) is 13.5. The first kappa shape index (κ1) is 22.4. The topological polar surface area (TPSA) is 62.1 Å². The van der Waals surface area contributed by atoms with E-state index in [4.69, 9.17) is 27.9 Å². The molecule has 3 rings (SSSR count). The van der Waals surface area contributed by atoms with E-state index in [1.165, 1.54) is 6.08 Å². The van der Waals surface area contributed by atoms with Gasteiger partial charge in [0.15, 0.2) is 0 Å². The number of hydrogen-bond donors (Lipinski definition) is 1. The molecule has 156 valence electrons. The monoisotopic (exact) mass is 450 g/mol. The summed E-state index contributed by atoms with van der Waals surface area (Å²) in [5.41, 5.74) is 2.33. The first-order chi connectivity index (χ1) is 15.0. The average Bonchev–Trinajstić information content (AvgIpc) is 2.77. The first-order valence-electron chi connectivity index (χ1n) is 9.60. The molecule has 4 nitrogen and oxygen atoms in total. The zero-order chi connectivity index (χ0) is 22.2. The van der Waals surface area contributed by atoms with Crippen molar-refractivity contribution in [2.24, 2.45) is 0 Å². The van der Waals surface area contributed by atoms with Gasteiger partial charge in [0, 0.05) is 15.6 Å². The summed E-state index contributed by atoms with van der Waals surface area (Å²) in [4.78, 5) is 12.7. The van der Waals surface area contributed by atoms with Crippen LogP contribution in [0.15, 0.2) is 78.4 Å². The number of amides is 1. The number of nitrogens with zero attached hydrogens (tertiary/aromatic N) is 1. The van der Waals surface area contributed by atoms with Crippen molar-refractivity contribution >= 4 is 35.2 Å². The Morgan fingerprint density at radius 1 is 1.06 bits per heavy atom. The maximum Gasteiger partial charge on any atom is 0.262 e. The molecule has 0 aliphatic carbocycles. The van der Waals surface area contributed by atoms with Crippen LogP contribution in [0.1, 0.15) is 29.7 Å². The Balaban J connectivity index is 1.80. The number of nitrogens with one attached hydrogen (secondary N) is 1. The highest BCUT2D eigenvalue weighted by molar-refractivity contribution is 6.31. The average molecular weight is 451 g/mol. The van der Waals surface area contributed by atoms with Gasteiger partial charge in [-0.15, -0.1) is 0 Å². The van der Waals surface area contributed by atoms with Crippen molar-refractivity contribution < 1.29 is 9.53 Å². The standard InChI is InChI=1S/C25H20Cl2N2O2/c1-17(19-7-3-2-4-8-19)29-25(30)21(15-28)13-20-14-23(27)10-11-24(20)31-16-18-6-5-9-22(26)12-18/h2-14,17H,16H2,1H3,(H,29,30)/b21-13+/t17-/m0/s1. The number of carbonyl (C=O) groups is 1. The molecule has 6 heteroatoms. The van der Waals surface area contributed by atoms with E-state index >= 15 is 0 Å². The summed E-state index contributed by atoms with van der Waals surface area (Å²) in [7, 11) is 0. The molecule has 0 fully saturated rings. The Bertz CT molecular complexity index is 1140. The van der Waals surface area contributed by atoms with Gasteiger partial charge in [-0.1, -0.05) is 65.7 Å². The van der Waals surface area contributed by atoms with E-state index in [-0.39, 0.29) is 18.2 Å². The van der Waals surface area contributed by atoms with Crippen molar-refractivity contribution in [3.8, 4) is 11.8 Å². The van der Waals surface area contributed by atoms with Crippen molar-refractivity contribution in [3.05, 3.63) is 105 Å². The molecule has 31 heavy (non-hydrogen) atoms. The fourth-order valence-corrected chi connectivity index (χ4v) is 3.35. The van der Waals surface area contributed by atoms with Gasteiger partial charge in [-0.3, -0.25) is 4.79 Å². The van der Waals surface area contributed by atoms with Gasteiger partial charge in [0.2, 0.25) is 0 Å². The zero-order valence-electron chi connectivity index (χ0n) is 16.8. The Morgan fingerprint density at radius 2 is 1.81 bits per heavy atom. The molecule has 0 bridgehead atoms. The van der Waals surface area contributed by atoms with E-state index in [0.717, 1.165) is 11.1 Å². The Labute approximate surface area is 191 Å². The second-order valence-corrected chi connectivity index (χ2v) is 7.75. The number of ether oxygens (including phenoxy) is 1. The molecule has 1 atom stereocenters. The SMILES string of the molecule is C[C@H](NC(=O)/C(C#N)=C/c1cc(Cl)ccc1OCc1cccc(Cl)c1)c1ccccc1. The predicted octanol–water partition coefficient (Wildman–Crippen LogP) is 6.36. The third kappa shape index (κ3) is 6.36. The minimum absolute atomic E-state index is 0.0438. The lowest BCUT2D eigenvalue weighted by Gasteiger charge is -2.14. The largest absolute Gasteiger partial charge is 0.488 e. The summed E-state index contributed by atoms with van der Waals surface area (Å²) in [6, 6.07) is 23.6. The molecule has 3 aromatic carbocycles. The quantitative estimate of drug-likeness (QED) is 0.336. The Kier molecular flexibility index (Phi) is 7.72. The number of rotatable bonds is 7. The second kappa shape index (κ2) is 10.7. The van der Waals surface area contributed by atoms with Crippen LogP contribution in [0, 0.1) is 11.3 Å². The highest BCUT2D eigenvalue weighted by atomic mass is 35.5. The van der Waals surface area contributed by atoms with Gasteiger partial charge in [0.1, 0.15) is 24.0 Å². The molecule has 0 unspecified atom stereocenters. The summed E-state index contributed by atoms with van der Waals surface area (Å²) in [6.45, 7) is 2.14. The summed E-state index contributed by atoms with van der Waals surface area (Å²) in [5.74, 6) is 0.0284. The number of carbonyl (C=O) groups excluding carboxylic acids is 1. The fourth-order valence-electron chi connectivity index (χ4n) is 2.95. The lowest BCUT2D eigenvalue weighted by molar-refractivity contribution is -0.117. The van der Waals surface area contributed by atoms with Crippen LogP contribution in [0.25, 0.3) is 6.08 Å². The smallest absolute Gasteiger partial charge is 0.262 e. The Hall–Kier alpha value is -3.26. The van der Waals surface area contributed by atoms with Crippen molar-refractivity contribution in [1.29, 1.82) is 5.26 Å². The van der Waals surface area contributed by atoms with Crippen LogP contribution < -0.4 is 10.1 Å². The van der Waals surface area contributed by atoms with E-state index in [0.29, 0.717) is 21.4 Å². The van der Waals surface area contributed by atoms with Crippen LogP contribution in [0.5, 0.6) is 5.75 Å². The number of halogens is 2. The van der Waals surface area contributed by atoms with Crippen molar-refractivity contribution in [2.75, 3.05) is 0 Å². The minimum atomic E-state index is -0.473. The summed E-state index contributed by atoms with van der Waals surface area (Å²) >= 11 is 12.2. The highest BCUT2D eigenvalue weighted by Crippen LogP contribution is 2.27. The van der Waals surface area contributed by atoms with Gasteiger partial charge >= 0.3 is 0 Å². The molecule has 0 saturated carbocycles. The lowest BCUT2D eigenvalue weighted by Crippen LogP contribution is -2.27. The van der Waals surface area contributed by atoms with Crippen LogP contribution in [0.3, 0.4) is 0 Å². The molecule has 0 radical (unpaired) electrons. The minimum Gasteiger partial charge on any atom is -0.488 e.